The number of halogens is 1. The molecule has 0 fully saturated rings. The molecule has 7 heteroatoms. The number of rotatable bonds is 3. The molecule has 0 radical (unpaired) electrons. The van der Waals surface area contributed by atoms with Crippen LogP contribution in [0.3, 0.4) is 0 Å². The van der Waals surface area contributed by atoms with Gasteiger partial charge in [0.2, 0.25) is 0 Å². The second-order valence-corrected chi connectivity index (χ2v) is 6.11. The third kappa shape index (κ3) is 3.95. The SMILES string of the molecule is NCC#Cc1ccc(Cl)cc1NS(=O)(=O)c1cccnc1. The summed E-state index contributed by atoms with van der Waals surface area (Å²) in [7, 11) is -3.75. The summed E-state index contributed by atoms with van der Waals surface area (Å²) in [6, 6.07) is 7.75. The molecule has 0 saturated carbocycles. The third-order valence-electron chi connectivity index (χ3n) is 2.50. The number of hydrogen-bond donors (Lipinski definition) is 2. The number of pyridine rings is 1. The standard InChI is InChI=1S/C14H12ClN3O2S/c15-12-6-5-11(3-1-7-16)14(9-12)18-21(19,20)13-4-2-8-17-10-13/h2,4-6,8-10,18H,7,16H2. The molecule has 3 N–H and O–H groups in total. The second-order valence-electron chi connectivity index (χ2n) is 3.99. The fraction of sp³-hybridized carbons (Fsp3) is 0.0714. The Balaban J connectivity index is 2.41. The van der Waals surface area contributed by atoms with Crippen molar-refractivity contribution in [1.29, 1.82) is 0 Å². The Morgan fingerprint density at radius 1 is 1.33 bits per heavy atom. The normalized spacial score (nSPS) is 10.6. The van der Waals surface area contributed by atoms with Gasteiger partial charge in [-0.3, -0.25) is 9.71 Å². The Hall–Kier alpha value is -2.07. The number of nitrogens with one attached hydrogen (secondary N) is 1. The van der Waals surface area contributed by atoms with Gasteiger partial charge in [0.15, 0.2) is 0 Å². The minimum Gasteiger partial charge on any atom is -0.320 e. The van der Waals surface area contributed by atoms with Crippen LogP contribution in [0.4, 0.5) is 5.69 Å². The molecule has 2 rings (SSSR count). The van der Waals surface area contributed by atoms with E-state index in [0.29, 0.717) is 16.3 Å². The van der Waals surface area contributed by atoms with Crippen LogP contribution in [0.2, 0.25) is 5.02 Å². The number of hydrogen-bond acceptors (Lipinski definition) is 4. The van der Waals surface area contributed by atoms with Crippen molar-refractivity contribution in [3.63, 3.8) is 0 Å². The maximum Gasteiger partial charge on any atom is 0.263 e. The van der Waals surface area contributed by atoms with E-state index >= 15 is 0 Å². The predicted octanol–water partition coefficient (Wildman–Crippen LogP) is 1.85. The van der Waals surface area contributed by atoms with Gasteiger partial charge in [-0.15, -0.1) is 0 Å². The number of benzene rings is 1. The Labute approximate surface area is 128 Å². The second kappa shape index (κ2) is 6.59. The molecule has 21 heavy (non-hydrogen) atoms. The Bertz CT molecular complexity index is 796. The Morgan fingerprint density at radius 2 is 2.14 bits per heavy atom. The summed E-state index contributed by atoms with van der Waals surface area (Å²) in [6.45, 7) is 0.178. The van der Waals surface area contributed by atoms with E-state index < -0.39 is 10.0 Å². The average Bonchev–Trinajstić information content (AvgIpc) is 2.47. The maximum atomic E-state index is 12.3. The Morgan fingerprint density at radius 3 is 2.81 bits per heavy atom. The molecule has 0 saturated heterocycles. The van der Waals surface area contributed by atoms with Gasteiger partial charge in [-0.25, -0.2) is 8.42 Å². The van der Waals surface area contributed by atoms with Crippen molar-refractivity contribution in [1.82, 2.24) is 4.98 Å². The van der Waals surface area contributed by atoms with Crippen molar-refractivity contribution in [2.75, 3.05) is 11.3 Å². The summed E-state index contributed by atoms with van der Waals surface area (Å²) in [5.41, 5.74) is 6.12. The van der Waals surface area contributed by atoms with Gasteiger partial charge in [0.1, 0.15) is 4.90 Å². The summed E-state index contributed by atoms with van der Waals surface area (Å²) in [5.74, 6) is 5.48. The van der Waals surface area contributed by atoms with E-state index in [9.17, 15) is 8.42 Å². The summed E-state index contributed by atoms with van der Waals surface area (Å²) < 4.78 is 27.0. The van der Waals surface area contributed by atoms with Crippen LogP contribution in [0.1, 0.15) is 5.56 Å². The van der Waals surface area contributed by atoms with Gasteiger partial charge in [0.05, 0.1) is 12.2 Å². The largest absolute Gasteiger partial charge is 0.320 e. The highest BCUT2D eigenvalue weighted by molar-refractivity contribution is 7.92. The molecule has 1 aromatic carbocycles. The first kappa shape index (κ1) is 15.3. The first-order valence-corrected chi connectivity index (χ1v) is 7.80. The number of nitrogens with two attached hydrogens (primary N) is 1. The van der Waals surface area contributed by atoms with Gasteiger partial charge < -0.3 is 5.73 Å². The quantitative estimate of drug-likeness (QED) is 0.845. The highest BCUT2D eigenvalue weighted by atomic mass is 35.5. The van der Waals surface area contributed by atoms with Gasteiger partial charge >= 0.3 is 0 Å². The number of sulfonamides is 1. The van der Waals surface area contributed by atoms with E-state index in [0.717, 1.165) is 0 Å². The van der Waals surface area contributed by atoms with Crippen molar-refractivity contribution in [2.45, 2.75) is 4.90 Å². The molecule has 108 valence electrons. The number of anilines is 1. The summed E-state index contributed by atoms with van der Waals surface area (Å²) in [6.07, 6.45) is 2.76. The van der Waals surface area contributed by atoms with E-state index in [2.05, 4.69) is 21.5 Å². The predicted molar refractivity (Wildman–Crippen MR) is 82.4 cm³/mol. The minimum atomic E-state index is -3.75. The molecule has 0 amide bonds. The van der Waals surface area contributed by atoms with Crippen molar-refractivity contribution < 1.29 is 8.42 Å². The first-order chi connectivity index (χ1) is 10.0. The van der Waals surface area contributed by atoms with Crippen LogP contribution in [0, 0.1) is 11.8 Å². The number of aromatic nitrogens is 1. The molecule has 5 nitrogen and oxygen atoms in total. The zero-order valence-electron chi connectivity index (χ0n) is 10.9. The van der Waals surface area contributed by atoms with Crippen LogP contribution in [-0.4, -0.2) is 19.9 Å². The highest BCUT2D eigenvalue weighted by Crippen LogP contribution is 2.23. The summed E-state index contributed by atoms with van der Waals surface area (Å²) in [4.78, 5) is 3.85. The zero-order chi connectivity index (χ0) is 15.3. The van der Waals surface area contributed by atoms with Crippen molar-refractivity contribution >= 4 is 27.3 Å². The van der Waals surface area contributed by atoms with E-state index in [1.807, 2.05) is 0 Å². The zero-order valence-corrected chi connectivity index (χ0v) is 12.4. The molecule has 0 aliphatic rings. The van der Waals surface area contributed by atoms with E-state index in [4.69, 9.17) is 17.3 Å². The number of nitrogens with zero attached hydrogens (tertiary/aromatic N) is 1. The van der Waals surface area contributed by atoms with Crippen LogP contribution in [-0.2, 0) is 10.0 Å². The third-order valence-corrected chi connectivity index (χ3v) is 4.08. The van der Waals surface area contributed by atoms with Crippen LogP contribution in [0.15, 0.2) is 47.6 Å². The van der Waals surface area contributed by atoms with Gasteiger partial charge in [0.25, 0.3) is 10.0 Å². The molecule has 0 aliphatic carbocycles. The van der Waals surface area contributed by atoms with Crippen LogP contribution < -0.4 is 10.5 Å². The molecule has 1 heterocycles. The smallest absolute Gasteiger partial charge is 0.263 e. The van der Waals surface area contributed by atoms with Gasteiger partial charge in [-0.2, -0.15) is 0 Å². The van der Waals surface area contributed by atoms with Crippen molar-refractivity contribution in [3.8, 4) is 11.8 Å². The Kier molecular flexibility index (Phi) is 4.81. The molecular formula is C14H12ClN3O2S. The molecule has 0 spiro atoms. The fourth-order valence-corrected chi connectivity index (χ4v) is 2.77. The fourth-order valence-electron chi connectivity index (χ4n) is 1.57. The van der Waals surface area contributed by atoms with Crippen LogP contribution >= 0.6 is 11.6 Å². The van der Waals surface area contributed by atoms with Gasteiger partial charge in [0, 0.05) is 23.0 Å². The molecule has 0 atom stereocenters. The molecule has 0 bridgehead atoms. The van der Waals surface area contributed by atoms with Crippen molar-refractivity contribution in [2.24, 2.45) is 5.73 Å². The van der Waals surface area contributed by atoms with E-state index in [-0.39, 0.29) is 11.4 Å². The minimum absolute atomic E-state index is 0.0581. The monoisotopic (exact) mass is 321 g/mol. The lowest BCUT2D eigenvalue weighted by Crippen LogP contribution is -2.14. The van der Waals surface area contributed by atoms with Gasteiger partial charge in [-0.1, -0.05) is 23.4 Å². The summed E-state index contributed by atoms with van der Waals surface area (Å²) >= 11 is 5.91. The molecule has 1 aromatic heterocycles. The van der Waals surface area contributed by atoms with Gasteiger partial charge in [-0.05, 0) is 30.3 Å². The molecule has 2 aromatic rings. The first-order valence-electron chi connectivity index (χ1n) is 5.94. The van der Waals surface area contributed by atoms with Crippen molar-refractivity contribution in [3.05, 3.63) is 53.3 Å². The molecule has 0 aliphatic heterocycles. The van der Waals surface area contributed by atoms with Crippen LogP contribution in [0.5, 0.6) is 0 Å². The lowest BCUT2D eigenvalue weighted by Gasteiger charge is -2.10. The highest BCUT2D eigenvalue weighted by Gasteiger charge is 2.15. The lowest BCUT2D eigenvalue weighted by molar-refractivity contribution is 0.601. The topological polar surface area (TPSA) is 85.1 Å². The maximum absolute atomic E-state index is 12.3. The van der Waals surface area contributed by atoms with E-state index in [1.165, 1.54) is 24.5 Å². The summed E-state index contributed by atoms with van der Waals surface area (Å²) in [5, 5.41) is 0.400. The van der Waals surface area contributed by atoms with E-state index in [1.54, 1.807) is 18.2 Å². The molecule has 0 unspecified atom stereocenters. The van der Waals surface area contributed by atoms with Crippen LogP contribution in [0.25, 0.3) is 0 Å². The average molecular weight is 322 g/mol. The lowest BCUT2D eigenvalue weighted by atomic mass is 10.2. The molecular weight excluding hydrogens is 310 g/mol.